The van der Waals surface area contributed by atoms with E-state index in [0.717, 1.165) is 39.1 Å². The van der Waals surface area contributed by atoms with Gasteiger partial charge in [-0.1, -0.05) is 6.07 Å². The Balaban J connectivity index is 1.51. The zero-order valence-electron chi connectivity index (χ0n) is 12.0. The van der Waals surface area contributed by atoms with E-state index in [4.69, 9.17) is 0 Å². The lowest BCUT2D eigenvalue weighted by Gasteiger charge is -2.34. The highest BCUT2D eigenvalue weighted by Crippen LogP contribution is 2.17. The van der Waals surface area contributed by atoms with Crippen molar-refractivity contribution in [2.75, 3.05) is 52.4 Å². The second-order valence-electron chi connectivity index (χ2n) is 5.31. The minimum absolute atomic E-state index is 0.509. The van der Waals surface area contributed by atoms with Crippen LogP contribution in [0.3, 0.4) is 0 Å². The monoisotopic (exact) mass is 321 g/mol. The van der Waals surface area contributed by atoms with Crippen molar-refractivity contribution in [2.45, 2.75) is 12.6 Å². The van der Waals surface area contributed by atoms with Crippen molar-refractivity contribution in [3.63, 3.8) is 0 Å². The summed E-state index contributed by atoms with van der Waals surface area (Å²) >= 11 is 1.77. The first kappa shape index (κ1) is 16.7. The first-order valence-electron chi connectivity index (χ1n) is 7.27. The number of rotatable bonds is 7. The summed E-state index contributed by atoms with van der Waals surface area (Å²) < 4.78 is 36.8. The van der Waals surface area contributed by atoms with Gasteiger partial charge in [0.05, 0.1) is 6.54 Å². The fourth-order valence-electron chi connectivity index (χ4n) is 2.45. The zero-order chi connectivity index (χ0) is 15.1. The van der Waals surface area contributed by atoms with E-state index in [1.165, 1.54) is 9.78 Å². The maximum Gasteiger partial charge on any atom is 0.401 e. The molecule has 1 aliphatic heterocycles. The summed E-state index contributed by atoms with van der Waals surface area (Å²) in [6, 6.07) is 4.19. The molecule has 2 heterocycles. The van der Waals surface area contributed by atoms with Gasteiger partial charge in [-0.3, -0.25) is 9.80 Å². The number of nitrogens with one attached hydrogen (secondary N) is 1. The van der Waals surface area contributed by atoms with Crippen LogP contribution in [0.4, 0.5) is 13.2 Å². The lowest BCUT2D eigenvalue weighted by molar-refractivity contribution is -0.149. The Kier molecular flexibility index (Phi) is 6.47. The molecule has 0 spiro atoms. The molecule has 120 valence electrons. The summed E-state index contributed by atoms with van der Waals surface area (Å²) in [5.74, 6) is 0. The number of thiophene rings is 1. The van der Waals surface area contributed by atoms with Gasteiger partial charge in [-0.25, -0.2) is 0 Å². The number of alkyl halides is 3. The predicted octanol–water partition coefficient (Wildman–Crippen LogP) is 2.06. The topological polar surface area (TPSA) is 18.5 Å². The van der Waals surface area contributed by atoms with Gasteiger partial charge in [0.25, 0.3) is 0 Å². The lowest BCUT2D eigenvalue weighted by Crippen LogP contribution is -2.50. The van der Waals surface area contributed by atoms with E-state index in [1.54, 1.807) is 11.3 Å². The maximum atomic E-state index is 12.3. The minimum Gasteiger partial charge on any atom is -0.315 e. The fourth-order valence-corrected chi connectivity index (χ4v) is 3.16. The molecule has 0 aliphatic carbocycles. The Morgan fingerprint density at radius 1 is 1.10 bits per heavy atom. The van der Waals surface area contributed by atoms with Crippen LogP contribution in [0.25, 0.3) is 0 Å². The van der Waals surface area contributed by atoms with E-state index in [0.29, 0.717) is 13.1 Å². The normalized spacial score (nSPS) is 18.2. The van der Waals surface area contributed by atoms with Crippen LogP contribution >= 0.6 is 11.3 Å². The highest BCUT2D eigenvalue weighted by molar-refractivity contribution is 7.09. The van der Waals surface area contributed by atoms with Gasteiger partial charge in [-0.15, -0.1) is 11.3 Å². The van der Waals surface area contributed by atoms with Crippen LogP contribution in [0.15, 0.2) is 17.5 Å². The van der Waals surface area contributed by atoms with Crippen molar-refractivity contribution in [1.82, 2.24) is 15.1 Å². The molecule has 7 heteroatoms. The summed E-state index contributed by atoms with van der Waals surface area (Å²) in [7, 11) is 0. The Hall–Kier alpha value is -0.630. The molecular weight excluding hydrogens is 299 g/mol. The molecule has 1 saturated heterocycles. The van der Waals surface area contributed by atoms with E-state index in [2.05, 4.69) is 27.7 Å². The number of piperazine rings is 1. The molecule has 0 amide bonds. The number of halogens is 3. The maximum absolute atomic E-state index is 12.3. The number of hydrogen-bond donors (Lipinski definition) is 1. The SMILES string of the molecule is FC(F)(F)CN1CCN(CCNCCc2cccs2)CC1. The van der Waals surface area contributed by atoms with E-state index < -0.39 is 12.7 Å². The first-order valence-corrected chi connectivity index (χ1v) is 8.15. The molecule has 0 unspecified atom stereocenters. The summed E-state index contributed by atoms with van der Waals surface area (Å²) in [6.45, 7) is 4.44. The largest absolute Gasteiger partial charge is 0.401 e. The third kappa shape index (κ3) is 6.78. The van der Waals surface area contributed by atoms with Crippen LogP contribution in [0, 0.1) is 0 Å². The molecule has 0 aromatic carbocycles. The Bertz CT molecular complexity index is 387. The van der Waals surface area contributed by atoms with E-state index in [9.17, 15) is 13.2 Å². The summed E-state index contributed by atoms with van der Waals surface area (Å²) in [6.07, 6.45) is -3.04. The van der Waals surface area contributed by atoms with Gasteiger partial charge in [0.1, 0.15) is 0 Å². The van der Waals surface area contributed by atoms with Crippen molar-refractivity contribution < 1.29 is 13.2 Å². The quantitative estimate of drug-likeness (QED) is 0.776. The average molecular weight is 321 g/mol. The van der Waals surface area contributed by atoms with Gasteiger partial charge < -0.3 is 5.32 Å². The summed E-state index contributed by atoms with van der Waals surface area (Å²) in [5, 5.41) is 5.47. The Labute approximate surface area is 127 Å². The summed E-state index contributed by atoms with van der Waals surface area (Å²) in [5.41, 5.74) is 0. The molecule has 1 aliphatic rings. The van der Waals surface area contributed by atoms with Gasteiger partial charge in [-0.2, -0.15) is 13.2 Å². The van der Waals surface area contributed by atoms with Gasteiger partial charge in [-0.05, 0) is 17.9 Å². The molecule has 3 nitrogen and oxygen atoms in total. The van der Waals surface area contributed by atoms with Crippen LogP contribution < -0.4 is 5.32 Å². The third-order valence-electron chi connectivity index (χ3n) is 3.60. The van der Waals surface area contributed by atoms with Crippen molar-refractivity contribution in [1.29, 1.82) is 0 Å². The van der Waals surface area contributed by atoms with Gasteiger partial charge in [0.2, 0.25) is 0 Å². The van der Waals surface area contributed by atoms with Crippen LogP contribution in [0.5, 0.6) is 0 Å². The Morgan fingerprint density at radius 3 is 2.43 bits per heavy atom. The lowest BCUT2D eigenvalue weighted by atomic mass is 10.3. The van der Waals surface area contributed by atoms with Gasteiger partial charge in [0, 0.05) is 50.7 Å². The van der Waals surface area contributed by atoms with Crippen molar-refractivity contribution in [3.8, 4) is 0 Å². The zero-order valence-corrected chi connectivity index (χ0v) is 12.8. The van der Waals surface area contributed by atoms with E-state index >= 15 is 0 Å². The molecule has 1 N–H and O–H groups in total. The first-order chi connectivity index (χ1) is 10.0. The molecule has 1 aromatic rings. The van der Waals surface area contributed by atoms with Crippen molar-refractivity contribution in [2.24, 2.45) is 0 Å². The highest BCUT2D eigenvalue weighted by atomic mass is 32.1. The van der Waals surface area contributed by atoms with E-state index in [-0.39, 0.29) is 0 Å². The molecule has 0 bridgehead atoms. The predicted molar refractivity (Wildman–Crippen MR) is 79.8 cm³/mol. The smallest absolute Gasteiger partial charge is 0.315 e. The van der Waals surface area contributed by atoms with Crippen molar-refractivity contribution >= 4 is 11.3 Å². The third-order valence-corrected chi connectivity index (χ3v) is 4.54. The van der Waals surface area contributed by atoms with Crippen LogP contribution in [0.1, 0.15) is 4.88 Å². The fraction of sp³-hybridized carbons (Fsp3) is 0.714. The summed E-state index contributed by atoms with van der Waals surface area (Å²) in [4.78, 5) is 5.09. The molecule has 0 atom stereocenters. The number of hydrogen-bond acceptors (Lipinski definition) is 4. The number of nitrogens with zero attached hydrogens (tertiary/aromatic N) is 2. The van der Waals surface area contributed by atoms with Crippen LogP contribution in [-0.2, 0) is 6.42 Å². The van der Waals surface area contributed by atoms with Crippen LogP contribution in [-0.4, -0.2) is 68.3 Å². The second-order valence-corrected chi connectivity index (χ2v) is 6.34. The van der Waals surface area contributed by atoms with Crippen LogP contribution in [0.2, 0.25) is 0 Å². The minimum atomic E-state index is -4.08. The molecule has 21 heavy (non-hydrogen) atoms. The molecule has 2 rings (SSSR count). The van der Waals surface area contributed by atoms with Gasteiger partial charge >= 0.3 is 6.18 Å². The van der Waals surface area contributed by atoms with Gasteiger partial charge in [0.15, 0.2) is 0 Å². The van der Waals surface area contributed by atoms with Crippen molar-refractivity contribution in [3.05, 3.63) is 22.4 Å². The second kappa shape index (κ2) is 8.12. The molecule has 1 aromatic heterocycles. The molecular formula is C14H22F3N3S. The molecule has 0 saturated carbocycles. The Morgan fingerprint density at radius 2 is 1.81 bits per heavy atom. The standard InChI is InChI=1S/C14H22F3N3S/c15-14(16,17)12-20-9-7-19(8-10-20)6-5-18-4-3-13-2-1-11-21-13/h1-2,11,18H,3-10,12H2. The molecule has 0 radical (unpaired) electrons. The van der Waals surface area contributed by atoms with E-state index in [1.807, 2.05) is 0 Å². The average Bonchev–Trinajstić information content (AvgIpc) is 2.92. The molecule has 1 fully saturated rings. The highest BCUT2D eigenvalue weighted by Gasteiger charge is 2.31.